The Morgan fingerprint density at radius 1 is 1.11 bits per heavy atom. The third-order valence-corrected chi connectivity index (χ3v) is 4.35. The molecule has 0 saturated heterocycles. The van der Waals surface area contributed by atoms with Crippen molar-refractivity contribution < 1.29 is 18.0 Å². The van der Waals surface area contributed by atoms with Crippen molar-refractivity contribution in [2.75, 3.05) is 5.43 Å². The maximum Gasteiger partial charge on any atom is 0.416 e. The minimum Gasteiger partial charge on any atom is -0.267 e. The van der Waals surface area contributed by atoms with Crippen LogP contribution in [0.4, 0.5) is 13.2 Å². The number of benzene rings is 2. The van der Waals surface area contributed by atoms with Crippen LogP contribution in [0.2, 0.25) is 0 Å². The number of hydrogen-bond donors (Lipinski definition) is 1. The molecule has 28 heavy (non-hydrogen) atoms. The molecule has 4 aromatic rings. The van der Waals surface area contributed by atoms with Crippen molar-refractivity contribution >= 4 is 16.9 Å². The van der Waals surface area contributed by atoms with E-state index >= 15 is 0 Å². The molecular formula is C19H14F3N5O. The van der Waals surface area contributed by atoms with E-state index in [1.165, 1.54) is 34.0 Å². The molecule has 2 aromatic carbocycles. The van der Waals surface area contributed by atoms with Crippen LogP contribution in [0, 0.1) is 6.92 Å². The van der Waals surface area contributed by atoms with Crippen LogP contribution in [-0.2, 0) is 6.18 Å². The van der Waals surface area contributed by atoms with Crippen molar-refractivity contribution in [2.24, 2.45) is 0 Å². The summed E-state index contributed by atoms with van der Waals surface area (Å²) in [4.78, 5) is 16.8. The van der Waals surface area contributed by atoms with E-state index in [9.17, 15) is 18.0 Å². The van der Waals surface area contributed by atoms with E-state index in [-0.39, 0.29) is 11.3 Å². The Labute approximate surface area is 157 Å². The van der Waals surface area contributed by atoms with Gasteiger partial charge in [-0.05, 0) is 37.3 Å². The van der Waals surface area contributed by atoms with Gasteiger partial charge in [0.15, 0.2) is 0 Å². The number of carbonyl (C=O) groups is 1. The molecule has 0 atom stereocenters. The third kappa shape index (κ3) is 3.11. The van der Waals surface area contributed by atoms with Gasteiger partial charge in [-0.15, -0.1) is 0 Å². The topological polar surface area (TPSA) is 64.7 Å². The number of amides is 1. The molecule has 0 aliphatic rings. The Morgan fingerprint density at radius 3 is 2.68 bits per heavy atom. The van der Waals surface area contributed by atoms with Crippen LogP contribution >= 0.6 is 0 Å². The first-order chi connectivity index (χ1) is 13.3. The van der Waals surface area contributed by atoms with Gasteiger partial charge in [-0.25, -0.2) is 14.3 Å². The zero-order valence-electron chi connectivity index (χ0n) is 14.6. The molecule has 0 unspecified atom stereocenters. The molecular weight excluding hydrogens is 371 g/mol. The first-order valence-corrected chi connectivity index (χ1v) is 8.30. The molecule has 1 N–H and O–H groups in total. The quantitative estimate of drug-likeness (QED) is 0.581. The second-order valence-corrected chi connectivity index (χ2v) is 6.15. The van der Waals surface area contributed by atoms with Crippen molar-refractivity contribution in [3.63, 3.8) is 0 Å². The predicted molar refractivity (Wildman–Crippen MR) is 96.7 cm³/mol. The van der Waals surface area contributed by atoms with Gasteiger partial charge in [0, 0.05) is 0 Å². The lowest BCUT2D eigenvalue weighted by atomic mass is 10.2. The summed E-state index contributed by atoms with van der Waals surface area (Å²) < 4.78 is 41.7. The average Bonchev–Trinajstić information content (AvgIpc) is 3.25. The molecule has 4 rings (SSSR count). The van der Waals surface area contributed by atoms with Crippen molar-refractivity contribution in [3.8, 4) is 5.69 Å². The Kier molecular flexibility index (Phi) is 4.14. The van der Waals surface area contributed by atoms with Gasteiger partial charge in [-0.1, -0.05) is 18.2 Å². The highest BCUT2D eigenvalue weighted by Gasteiger charge is 2.30. The van der Waals surface area contributed by atoms with Crippen LogP contribution in [0.1, 0.15) is 21.6 Å². The molecule has 0 fully saturated rings. The molecule has 0 radical (unpaired) electrons. The van der Waals surface area contributed by atoms with E-state index in [4.69, 9.17) is 0 Å². The van der Waals surface area contributed by atoms with Gasteiger partial charge >= 0.3 is 6.18 Å². The molecule has 0 bridgehead atoms. The minimum atomic E-state index is -4.46. The molecule has 9 heteroatoms. The Bertz CT molecular complexity index is 1180. The van der Waals surface area contributed by atoms with Crippen molar-refractivity contribution in [3.05, 3.63) is 77.9 Å². The highest BCUT2D eigenvalue weighted by Crippen LogP contribution is 2.30. The average molecular weight is 385 g/mol. The number of nitrogens with one attached hydrogen (secondary N) is 1. The Hall–Kier alpha value is -3.62. The van der Waals surface area contributed by atoms with E-state index in [1.54, 1.807) is 6.92 Å². The zero-order chi connectivity index (χ0) is 19.9. The second kappa shape index (κ2) is 6.52. The summed E-state index contributed by atoms with van der Waals surface area (Å²) in [5.41, 5.74) is 4.25. The normalized spacial score (nSPS) is 11.7. The molecule has 142 valence electrons. The molecule has 2 aromatic heterocycles. The number of carbonyl (C=O) groups excluding carboxylic acids is 1. The maximum atomic E-state index is 13.0. The van der Waals surface area contributed by atoms with E-state index in [2.05, 4.69) is 15.5 Å². The molecule has 6 nitrogen and oxygen atoms in total. The summed E-state index contributed by atoms with van der Waals surface area (Å²) in [6, 6.07) is 12.1. The predicted octanol–water partition coefficient (Wildman–Crippen LogP) is 3.93. The lowest BCUT2D eigenvalue weighted by molar-refractivity contribution is -0.137. The van der Waals surface area contributed by atoms with Crippen molar-refractivity contribution in [1.29, 1.82) is 0 Å². The standard InChI is InChI=1S/C19H14F3N5O/c1-12-15(18(28)25-26-11-23-16-7-2-3-8-17(16)26)10-24-27(12)14-6-4-5-13(9-14)19(20,21)22/h2-11H,1H3,(H,25,28). The van der Waals surface area contributed by atoms with E-state index in [1.807, 2.05) is 24.3 Å². The smallest absolute Gasteiger partial charge is 0.267 e. The van der Waals surface area contributed by atoms with E-state index in [0.29, 0.717) is 5.69 Å². The fourth-order valence-electron chi connectivity index (χ4n) is 2.92. The van der Waals surface area contributed by atoms with Crippen LogP contribution in [-0.4, -0.2) is 25.3 Å². The number of hydrogen-bond acceptors (Lipinski definition) is 3. The number of alkyl halides is 3. The SMILES string of the molecule is Cc1c(C(=O)Nn2cnc3ccccc32)cnn1-c1cccc(C(F)(F)F)c1. The molecule has 1 amide bonds. The molecule has 0 aliphatic heterocycles. The number of rotatable bonds is 3. The number of aromatic nitrogens is 4. The first-order valence-electron chi connectivity index (χ1n) is 8.30. The lowest BCUT2D eigenvalue weighted by Crippen LogP contribution is -2.22. The van der Waals surface area contributed by atoms with E-state index in [0.717, 1.165) is 23.2 Å². The number of halogens is 3. The minimum absolute atomic E-state index is 0.222. The highest BCUT2D eigenvalue weighted by molar-refractivity contribution is 6.01. The first kappa shape index (κ1) is 17.8. The van der Waals surface area contributed by atoms with Crippen molar-refractivity contribution in [2.45, 2.75) is 13.1 Å². The Balaban J connectivity index is 1.64. The van der Waals surface area contributed by atoms with Crippen molar-refractivity contribution in [1.82, 2.24) is 19.4 Å². The van der Waals surface area contributed by atoms with Crippen LogP contribution in [0.25, 0.3) is 16.7 Å². The number of imidazole rings is 1. The van der Waals surface area contributed by atoms with E-state index < -0.39 is 17.6 Å². The number of fused-ring (bicyclic) bond motifs is 1. The summed E-state index contributed by atoms with van der Waals surface area (Å²) in [5.74, 6) is -0.445. The third-order valence-electron chi connectivity index (χ3n) is 4.35. The lowest BCUT2D eigenvalue weighted by Gasteiger charge is -2.10. The molecule has 2 heterocycles. The molecule has 0 spiro atoms. The van der Waals surface area contributed by atoms with Gasteiger partial charge in [-0.2, -0.15) is 18.3 Å². The number of nitrogens with zero attached hydrogens (tertiary/aromatic N) is 4. The fourth-order valence-corrected chi connectivity index (χ4v) is 2.92. The second-order valence-electron chi connectivity index (χ2n) is 6.15. The van der Waals surface area contributed by atoms with Gasteiger partial charge in [-0.3, -0.25) is 10.2 Å². The highest BCUT2D eigenvalue weighted by atomic mass is 19.4. The summed E-state index contributed by atoms with van der Waals surface area (Å²) in [7, 11) is 0. The summed E-state index contributed by atoms with van der Waals surface area (Å²) in [6.07, 6.45) is -1.65. The Morgan fingerprint density at radius 2 is 1.89 bits per heavy atom. The molecule has 0 saturated carbocycles. The van der Waals surface area contributed by atoms with Gasteiger partial charge < -0.3 is 0 Å². The largest absolute Gasteiger partial charge is 0.416 e. The van der Waals surface area contributed by atoms with Gasteiger partial charge in [0.2, 0.25) is 0 Å². The zero-order valence-corrected chi connectivity index (χ0v) is 14.6. The van der Waals surface area contributed by atoms with Crippen LogP contribution < -0.4 is 5.43 Å². The summed E-state index contributed by atoms with van der Waals surface area (Å²) in [6.45, 7) is 1.62. The van der Waals surface area contributed by atoms with Crippen LogP contribution in [0.5, 0.6) is 0 Å². The fraction of sp³-hybridized carbons (Fsp3) is 0.105. The monoisotopic (exact) mass is 385 g/mol. The number of para-hydroxylation sites is 2. The van der Waals surface area contributed by atoms with Gasteiger partial charge in [0.1, 0.15) is 6.33 Å². The summed E-state index contributed by atoms with van der Waals surface area (Å²) >= 11 is 0. The maximum absolute atomic E-state index is 13.0. The van der Waals surface area contributed by atoms with Crippen LogP contribution in [0.15, 0.2) is 61.1 Å². The van der Waals surface area contributed by atoms with Crippen LogP contribution in [0.3, 0.4) is 0 Å². The van der Waals surface area contributed by atoms with Gasteiger partial charge in [0.25, 0.3) is 5.91 Å². The molecule has 0 aliphatic carbocycles. The summed E-state index contributed by atoms with van der Waals surface area (Å²) in [5, 5.41) is 4.09. The van der Waals surface area contributed by atoms with Gasteiger partial charge in [0.05, 0.1) is 39.7 Å².